The number of benzene rings is 2. The lowest BCUT2D eigenvalue weighted by atomic mass is 10.1. The summed E-state index contributed by atoms with van der Waals surface area (Å²) in [6.45, 7) is 2.60. The van der Waals surface area contributed by atoms with Crippen LogP contribution in [0.4, 0.5) is 5.69 Å². The Morgan fingerprint density at radius 2 is 1.91 bits per heavy atom. The molecule has 9 heteroatoms. The molecular weight excluding hydrogens is 440 g/mol. The average molecular weight is 461 g/mol. The third-order valence-corrected chi connectivity index (χ3v) is 6.71. The molecule has 2 aromatic carbocycles. The van der Waals surface area contributed by atoms with E-state index in [1.54, 1.807) is 11.3 Å². The van der Waals surface area contributed by atoms with Crippen molar-refractivity contribution < 1.29 is 4.79 Å². The van der Waals surface area contributed by atoms with Crippen molar-refractivity contribution in [1.82, 2.24) is 24.1 Å². The highest BCUT2D eigenvalue weighted by Gasteiger charge is 2.13. The second kappa shape index (κ2) is 8.97. The fraction of sp³-hybridized carbons (Fsp3) is 0.130. The van der Waals surface area contributed by atoms with Crippen molar-refractivity contribution in [3.63, 3.8) is 0 Å². The van der Waals surface area contributed by atoms with Gasteiger partial charge in [-0.25, -0.2) is 4.98 Å². The number of thiazole rings is 1. The van der Waals surface area contributed by atoms with Crippen LogP contribution in [0.5, 0.6) is 0 Å². The maximum atomic E-state index is 12.5. The third-order valence-electron chi connectivity index (χ3n) is 4.98. The molecule has 160 valence electrons. The predicted molar refractivity (Wildman–Crippen MR) is 128 cm³/mol. The van der Waals surface area contributed by atoms with Crippen molar-refractivity contribution >= 4 is 39.7 Å². The highest BCUT2D eigenvalue weighted by Crippen LogP contribution is 2.24. The molecule has 5 rings (SSSR count). The summed E-state index contributed by atoms with van der Waals surface area (Å²) in [5.74, 6) is 0.995. The number of carbonyl (C=O) groups excluding carboxylic acids is 1. The van der Waals surface area contributed by atoms with Gasteiger partial charge < -0.3 is 9.88 Å². The lowest BCUT2D eigenvalue weighted by molar-refractivity contribution is -0.113. The Labute approximate surface area is 193 Å². The van der Waals surface area contributed by atoms with Crippen LogP contribution in [0.25, 0.3) is 16.2 Å². The number of carbonyl (C=O) groups is 1. The van der Waals surface area contributed by atoms with Gasteiger partial charge in [-0.1, -0.05) is 54.2 Å². The van der Waals surface area contributed by atoms with Gasteiger partial charge in [0.05, 0.1) is 18.0 Å². The van der Waals surface area contributed by atoms with Crippen LogP contribution in [0, 0.1) is 6.92 Å². The number of hydrogen-bond acceptors (Lipinski definition) is 6. The molecule has 0 spiro atoms. The fourth-order valence-corrected chi connectivity index (χ4v) is 4.82. The van der Waals surface area contributed by atoms with Crippen molar-refractivity contribution in [3.8, 4) is 11.3 Å². The molecule has 1 amide bonds. The Kier molecular flexibility index (Phi) is 5.74. The van der Waals surface area contributed by atoms with Gasteiger partial charge in [0.1, 0.15) is 5.82 Å². The SMILES string of the molecule is Cc1nnc(SCC(=O)Nc2ccc(-c3cn4ccsc4n3)cc2)n1Cc1ccccc1. The molecule has 7 nitrogen and oxygen atoms in total. The minimum Gasteiger partial charge on any atom is -0.325 e. The molecule has 3 aromatic heterocycles. The molecule has 0 fully saturated rings. The molecular formula is C23H20N6OS2. The number of nitrogens with zero attached hydrogens (tertiary/aromatic N) is 5. The number of aryl methyl sites for hydroxylation is 1. The fourth-order valence-electron chi connectivity index (χ4n) is 3.33. The molecule has 0 unspecified atom stereocenters. The second-order valence-electron chi connectivity index (χ2n) is 7.23. The lowest BCUT2D eigenvalue weighted by Gasteiger charge is -2.09. The van der Waals surface area contributed by atoms with Gasteiger partial charge in [0.15, 0.2) is 10.1 Å². The van der Waals surface area contributed by atoms with Crippen molar-refractivity contribution in [2.45, 2.75) is 18.6 Å². The number of nitrogens with one attached hydrogen (secondary N) is 1. The Morgan fingerprint density at radius 3 is 2.69 bits per heavy atom. The first-order valence-electron chi connectivity index (χ1n) is 10.0. The number of imidazole rings is 1. The minimum absolute atomic E-state index is 0.0860. The van der Waals surface area contributed by atoms with Gasteiger partial charge in [-0.05, 0) is 24.6 Å². The molecule has 0 radical (unpaired) electrons. The molecule has 0 aliphatic rings. The molecule has 0 saturated heterocycles. The molecule has 5 aromatic rings. The Balaban J connectivity index is 1.20. The van der Waals surface area contributed by atoms with Crippen LogP contribution in [0.3, 0.4) is 0 Å². The first kappa shape index (κ1) is 20.5. The zero-order valence-corrected chi connectivity index (χ0v) is 18.9. The first-order chi connectivity index (χ1) is 15.7. The maximum absolute atomic E-state index is 12.5. The van der Waals surface area contributed by atoms with E-state index in [2.05, 4.69) is 32.6 Å². The highest BCUT2D eigenvalue weighted by atomic mass is 32.2. The summed E-state index contributed by atoms with van der Waals surface area (Å²) in [4.78, 5) is 18.1. The molecule has 1 N–H and O–H groups in total. The van der Waals surface area contributed by atoms with Crippen LogP contribution in [0.1, 0.15) is 11.4 Å². The van der Waals surface area contributed by atoms with Crippen molar-refractivity contribution in [2.75, 3.05) is 11.1 Å². The maximum Gasteiger partial charge on any atom is 0.234 e. The second-order valence-corrected chi connectivity index (χ2v) is 9.05. The summed E-state index contributed by atoms with van der Waals surface area (Å²) < 4.78 is 4.03. The summed E-state index contributed by atoms with van der Waals surface area (Å²) in [6.07, 6.45) is 3.99. The molecule has 0 bridgehead atoms. The summed E-state index contributed by atoms with van der Waals surface area (Å²) in [7, 11) is 0. The Bertz CT molecular complexity index is 1330. The van der Waals surface area contributed by atoms with Crippen LogP contribution in [-0.4, -0.2) is 35.8 Å². The van der Waals surface area contributed by atoms with Crippen LogP contribution < -0.4 is 5.32 Å². The van der Waals surface area contributed by atoms with Gasteiger partial charge in [-0.15, -0.1) is 21.5 Å². The molecule has 0 atom stereocenters. The molecule has 0 saturated carbocycles. The predicted octanol–water partition coefficient (Wildman–Crippen LogP) is 4.74. The topological polar surface area (TPSA) is 77.1 Å². The normalized spacial score (nSPS) is 11.2. The van der Waals surface area contributed by atoms with E-state index in [9.17, 15) is 4.79 Å². The number of fused-ring (bicyclic) bond motifs is 1. The van der Waals surface area contributed by atoms with E-state index in [0.29, 0.717) is 6.54 Å². The monoisotopic (exact) mass is 460 g/mol. The lowest BCUT2D eigenvalue weighted by Crippen LogP contribution is -2.14. The van der Waals surface area contributed by atoms with Gasteiger partial charge in [0.25, 0.3) is 0 Å². The summed E-state index contributed by atoms with van der Waals surface area (Å²) >= 11 is 2.99. The summed E-state index contributed by atoms with van der Waals surface area (Å²) in [6, 6.07) is 17.9. The van der Waals surface area contributed by atoms with E-state index in [-0.39, 0.29) is 11.7 Å². The smallest absolute Gasteiger partial charge is 0.234 e. The van der Waals surface area contributed by atoms with Crippen LogP contribution >= 0.6 is 23.1 Å². The van der Waals surface area contributed by atoms with Crippen LogP contribution in [0.2, 0.25) is 0 Å². The van der Waals surface area contributed by atoms with Gasteiger partial charge in [-0.2, -0.15) is 0 Å². The number of rotatable bonds is 7. The zero-order valence-electron chi connectivity index (χ0n) is 17.3. The standard InChI is InChI=1S/C23H20N6OS2/c1-16-26-27-23(29(16)13-17-5-3-2-4-6-17)32-15-21(30)24-19-9-7-18(8-10-19)20-14-28-11-12-31-22(28)25-20/h2-12,14H,13,15H2,1H3,(H,24,30). The van der Waals surface area contributed by atoms with E-state index in [0.717, 1.165) is 32.9 Å². The van der Waals surface area contributed by atoms with Crippen molar-refractivity contribution in [1.29, 1.82) is 0 Å². The van der Waals surface area contributed by atoms with Gasteiger partial charge >= 0.3 is 0 Å². The molecule has 0 aliphatic carbocycles. The number of amides is 1. The van der Waals surface area contributed by atoms with Crippen molar-refractivity contribution in [3.05, 3.63) is 83.8 Å². The third kappa shape index (κ3) is 4.44. The van der Waals surface area contributed by atoms with E-state index < -0.39 is 0 Å². The molecule has 3 heterocycles. The highest BCUT2D eigenvalue weighted by molar-refractivity contribution is 7.99. The van der Waals surface area contributed by atoms with E-state index >= 15 is 0 Å². The quantitative estimate of drug-likeness (QED) is 0.355. The number of aromatic nitrogens is 5. The average Bonchev–Trinajstić information content (AvgIpc) is 3.50. The zero-order chi connectivity index (χ0) is 21.9. The van der Waals surface area contributed by atoms with Crippen LogP contribution in [0.15, 0.2) is 77.5 Å². The van der Waals surface area contributed by atoms with Crippen molar-refractivity contribution in [2.24, 2.45) is 0 Å². The van der Waals surface area contributed by atoms with E-state index in [1.807, 2.05) is 76.1 Å². The largest absolute Gasteiger partial charge is 0.325 e. The van der Waals surface area contributed by atoms with E-state index in [4.69, 9.17) is 0 Å². The minimum atomic E-state index is -0.0860. The number of hydrogen-bond donors (Lipinski definition) is 1. The molecule has 32 heavy (non-hydrogen) atoms. The van der Waals surface area contributed by atoms with Gasteiger partial charge in [0.2, 0.25) is 5.91 Å². The van der Waals surface area contributed by atoms with E-state index in [1.165, 1.54) is 17.3 Å². The van der Waals surface area contributed by atoms with Crippen LogP contribution in [-0.2, 0) is 11.3 Å². The number of thioether (sulfide) groups is 1. The Morgan fingerprint density at radius 1 is 1.09 bits per heavy atom. The van der Waals surface area contributed by atoms with Gasteiger partial charge in [-0.3, -0.25) is 9.20 Å². The number of anilines is 1. The molecule has 0 aliphatic heterocycles. The summed E-state index contributed by atoms with van der Waals surface area (Å²) in [5.41, 5.74) is 3.85. The van der Waals surface area contributed by atoms with Gasteiger partial charge in [0, 0.05) is 29.0 Å². The summed E-state index contributed by atoms with van der Waals surface area (Å²) in [5, 5.41) is 14.1. The Hall–Kier alpha value is -3.43. The first-order valence-corrected chi connectivity index (χ1v) is 11.9.